The lowest BCUT2D eigenvalue weighted by Gasteiger charge is -2.09. The number of hydrogen-bond acceptors (Lipinski definition) is 4. The minimum absolute atomic E-state index is 0.212. The molecule has 0 saturated carbocycles. The maximum absolute atomic E-state index is 12.2. The van der Waals surface area contributed by atoms with E-state index >= 15 is 0 Å². The fourth-order valence-electron chi connectivity index (χ4n) is 2.42. The van der Waals surface area contributed by atoms with E-state index in [1.165, 1.54) is 5.41 Å². The zero-order valence-electron chi connectivity index (χ0n) is 12.2. The Morgan fingerprint density at radius 2 is 1.82 bits per heavy atom. The number of fused-ring (bicyclic) bond motifs is 1. The highest BCUT2D eigenvalue weighted by molar-refractivity contribution is 7.95. The molecule has 2 N–H and O–H groups in total. The van der Waals surface area contributed by atoms with Gasteiger partial charge in [0.25, 0.3) is 0 Å². The zero-order valence-corrected chi connectivity index (χ0v) is 13.1. The van der Waals surface area contributed by atoms with Gasteiger partial charge >= 0.3 is 0 Å². The van der Waals surface area contributed by atoms with Crippen molar-refractivity contribution < 1.29 is 13.2 Å². The van der Waals surface area contributed by atoms with E-state index < -0.39 is 9.84 Å². The largest absolute Gasteiger partial charge is 0.489 e. The average molecular weight is 315 g/mol. The van der Waals surface area contributed by atoms with Crippen LogP contribution in [-0.4, -0.2) is 15.0 Å². The molecule has 5 heteroatoms. The second kappa shape index (κ2) is 5.59. The van der Waals surface area contributed by atoms with E-state index in [0.29, 0.717) is 28.3 Å². The molecule has 114 valence electrons. The van der Waals surface area contributed by atoms with Gasteiger partial charge in [0, 0.05) is 23.1 Å². The number of ether oxygens (including phenoxy) is 1. The summed E-state index contributed by atoms with van der Waals surface area (Å²) < 4.78 is 30.0. The molecule has 0 radical (unpaired) electrons. The summed E-state index contributed by atoms with van der Waals surface area (Å²) in [5, 5.41) is 1.28. The van der Waals surface area contributed by atoms with Gasteiger partial charge < -0.3 is 10.5 Å². The van der Waals surface area contributed by atoms with Crippen LogP contribution in [0.4, 0.5) is 0 Å². The fraction of sp³-hybridized carbons (Fsp3) is 0.176. The number of hydrogen-bond donors (Lipinski definition) is 1. The normalized spacial score (nSPS) is 15.3. The van der Waals surface area contributed by atoms with Crippen LogP contribution in [0.25, 0.3) is 5.57 Å². The molecule has 0 fully saturated rings. The molecule has 0 aliphatic carbocycles. The van der Waals surface area contributed by atoms with Crippen molar-refractivity contribution in [3.05, 3.63) is 64.6 Å². The summed E-state index contributed by atoms with van der Waals surface area (Å²) in [4.78, 5) is 0.326. The van der Waals surface area contributed by atoms with Gasteiger partial charge in [0.15, 0.2) is 0 Å². The Bertz CT molecular complexity index is 837. The van der Waals surface area contributed by atoms with Gasteiger partial charge in [0.2, 0.25) is 9.84 Å². The first-order valence-corrected chi connectivity index (χ1v) is 8.53. The molecule has 1 aliphatic rings. The Hall–Kier alpha value is -2.11. The number of aryl methyl sites for hydroxylation is 1. The average Bonchev–Trinajstić information content (AvgIpc) is 2.77. The quantitative estimate of drug-likeness (QED) is 0.941. The lowest BCUT2D eigenvalue weighted by Crippen LogP contribution is -2.02. The van der Waals surface area contributed by atoms with E-state index in [0.717, 1.165) is 11.1 Å². The number of sulfone groups is 1. The molecule has 0 saturated heterocycles. The van der Waals surface area contributed by atoms with Crippen molar-refractivity contribution in [2.24, 2.45) is 5.73 Å². The predicted molar refractivity (Wildman–Crippen MR) is 86.2 cm³/mol. The van der Waals surface area contributed by atoms with E-state index in [1.807, 2.05) is 37.3 Å². The third-order valence-electron chi connectivity index (χ3n) is 3.64. The van der Waals surface area contributed by atoms with Gasteiger partial charge in [-0.05, 0) is 36.8 Å². The van der Waals surface area contributed by atoms with Crippen molar-refractivity contribution in [1.82, 2.24) is 0 Å². The van der Waals surface area contributed by atoms with Crippen LogP contribution in [-0.2, 0) is 16.4 Å². The molecule has 0 unspecified atom stereocenters. The highest BCUT2D eigenvalue weighted by Gasteiger charge is 2.27. The Morgan fingerprint density at radius 3 is 2.50 bits per heavy atom. The number of nitrogens with two attached hydrogens (primary N) is 1. The molecular formula is C17H17NO3S. The highest BCUT2D eigenvalue weighted by Crippen LogP contribution is 2.34. The van der Waals surface area contributed by atoms with Crippen LogP contribution >= 0.6 is 0 Å². The molecule has 1 aliphatic heterocycles. The molecule has 0 spiro atoms. The second-order valence-corrected chi connectivity index (χ2v) is 7.09. The van der Waals surface area contributed by atoms with Gasteiger partial charge in [-0.1, -0.05) is 23.8 Å². The zero-order chi connectivity index (χ0) is 15.7. The summed E-state index contributed by atoms with van der Waals surface area (Å²) in [5.74, 6) is 0.715. The van der Waals surface area contributed by atoms with E-state index in [-0.39, 0.29) is 6.61 Å². The SMILES string of the molecule is Cc1ccc(OCC2=CS(=O)(=O)c3ccc(CN)cc32)cc1. The molecule has 0 atom stereocenters. The fourth-order valence-corrected chi connectivity index (χ4v) is 3.88. The van der Waals surface area contributed by atoms with Crippen molar-refractivity contribution >= 4 is 15.4 Å². The minimum Gasteiger partial charge on any atom is -0.489 e. The van der Waals surface area contributed by atoms with Crippen LogP contribution in [0.15, 0.2) is 52.8 Å². The molecule has 1 heterocycles. The van der Waals surface area contributed by atoms with E-state index in [9.17, 15) is 8.42 Å². The second-order valence-electron chi connectivity index (χ2n) is 5.32. The van der Waals surface area contributed by atoms with Gasteiger partial charge in [-0.3, -0.25) is 0 Å². The Morgan fingerprint density at radius 1 is 1.09 bits per heavy atom. The van der Waals surface area contributed by atoms with Crippen molar-refractivity contribution in [2.45, 2.75) is 18.4 Å². The smallest absolute Gasteiger partial charge is 0.200 e. The lowest BCUT2D eigenvalue weighted by molar-refractivity contribution is 0.370. The summed E-state index contributed by atoms with van der Waals surface area (Å²) in [5.41, 5.74) is 9.03. The maximum atomic E-state index is 12.2. The van der Waals surface area contributed by atoms with Crippen LogP contribution < -0.4 is 10.5 Å². The molecule has 2 aromatic rings. The van der Waals surface area contributed by atoms with Gasteiger partial charge in [0.05, 0.1) is 4.90 Å². The van der Waals surface area contributed by atoms with Gasteiger partial charge in [-0.25, -0.2) is 8.42 Å². The Kier molecular flexibility index (Phi) is 3.76. The van der Waals surface area contributed by atoms with Crippen molar-refractivity contribution in [3.8, 4) is 5.75 Å². The standard InChI is InChI=1S/C17H17NO3S/c1-12-2-5-15(6-3-12)21-10-14-11-22(19,20)17-7-4-13(9-18)8-16(14)17/h2-8,11H,9-10,18H2,1H3. The van der Waals surface area contributed by atoms with Crippen molar-refractivity contribution in [1.29, 1.82) is 0 Å². The molecule has 0 aromatic heterocycles. The maximum Gasteiger partial charge on any atom is 0.200 e. The van der Waals surface area contributed by atoms with E-state index in [2.05, 4.69) is 0 Å². The molecule has 3 rings (SSSR count). The first kappa shape index (κ1) is 14.8. The number of benzene rings is 2. The van der Waals surface area contributed by atoms with Crippen molar-refractivity contribution in [2.75, 3.05) is 6.61 Å². The summed E-state index contributed by atoms with van der Waals surface area (Å²) in [6.45, 7) is 2.59. The minimum atomic E-state index is -3.37. The van der Waals surface area contributed by atoms with Gasteiger partial charge in [-0.15, -0.1) is 0 Å². The van der Waals surface area contributed by atoms with Crippen LogP contribution in [0.1, 0.15) is 16.7 Å². The van der Waals surface area contributed by atoms with Crippen LogP contribution in [0, 0.1) is 6.92 Å². The highest BCUT2D eigenvalue weighted by atomic mass is 32.2. The van der Waals surface area contributed by atoms with Crippen molar-refractivity contribution in [3.63, 3.8) is 0 Å². The molecule has 4 nitrogen and oxygen atoms in total. The number of rotatable bonds is 4. The van der Waals surface area contributed by atoms with Crippen LogP contribution in [0.2, 0.25) is 0 Å². The molecule has 2 aromatic carbocycles. The monoisotopic (exact) mass is 315 g/mol. The Balaban J connectivity index is 1.88. The first-order chi connectivity index (χ1) is 10.5. The summed E-state index contributed by atoms with van der Waals surface area (Å²) in [6.07, 6.45) is 0. The summed E-state index contributed by atoms with van der Waals surface area (Å²) in [7, 11) is -3.37. The molecule has 22 heavy (non-hydrogen) atoms. The third-order valence-corrected chi connectivity index (χ3v) is 5.21. The lowest BCUT2D eigenvalue weighted by atomic mass is 10.1. The predicted octanol–water partition coefficient (Wildman–Crippen LogP) is 2.66. The van der Waals surface area contributed by atoms with Crippen LogP contribution in [0.5, 0.6) is 5.75 Å². The van der Waals surface area contributed by atoms with Crippen LogP contribution in [0.3, 0.4) is 0 Å². The van der Waals surface area contributed by atoms with E-state index in [4.69, 9.17) is 10.5 Å². The topological polar surface area (TPSA) is 69.4 Å². The van der Waals surface area contributed by atoms with Gasteiger partial charge in [-0.2, -0.15) is 0 Å². The first-order valence-electron chi connectivity index (χ1n) is 6.98. The van der Waals surface area contributed by atoms with Gasteiger partial charge in [0.1, 0.15) is 12.4 Å². The molecule has 0 amide bonds. The summed E-state index contributed by atoms with van der Waals surface area (Å²) >= 11 is 0. The van der Waals surface area contributed by atoms with E-state index in [1.54, 1.807) is 12.1 Å². The molecule has 0 bridgehead atoms. The summed E-state index contributed by atoms with van der Waals surface area (Å²) in [6, 6.07) is 12.8. The Labute approximate surface area is 130 Å². The third kappa shape index (κ3) is 2.77. The molecular weight excluding hydrogens is 298 g/mol.